The Hall–Kier alpha value is -1.22. The van der Waals surface area contributed by atoms with Crippen molar-refractivity contribution in [3.63, 3.8) is 0 Å². The number of hydrogen-bond donors (Lipinski definition) is 0. The molecule has 1 aromatic carbocycles. The summed E-state index contributed by atoms with van der Waals surface area (Å²) in [7, 11) is 0. The molecular weight excluding hydrogens is 363 g/mol. The molecule has 0 N–H and O–H groups in total. The van der Waals surface area contributed by atoms with Crippen LogP contribution in [0, 0.1) is 13.7 Å². The van der Waals surface area contributed by atoms with Crippen molar-refractivity contribution in [2.24, 2.45) is 0 Å². The highest BCUT2D eigenvalue weighted by Crippen LogP contribution is 2.22. The van der Waals surface area contributed by atoms with Gasteiger partial charge in [0, 0.05) is 22.2 Å². The van der Waals surface area contributed by atoms with E-state index in [0.717, 1.165) is 0 Å². The summed E-state index contributed by atoms with van der Waals surface area (Å²) in [6.45, 7) is 3.42. The molecule has 0 radical (unpaired) electrons. The average Bonchev–Trinajstić information content (AvgIpc) is 2.38. The summed E-state index contributed by atoms with van der Waals surface area (Å²) in [5, 5.41) is 10.8. The summed E-state index contributed by atoms with van der Waals surface area (Å²) < 4.78 is 6.00. The van der Waals surface area contributed by atoms with Crippen LogP contribution in [-0.4, -0.2) is 41.5 Å². The normalized spacial score (nSPS) is 19.3. The third-order valence-electron chi connectivity index (χ3n) is 3.02. The number of nitro benzene ring substituents is 1. The number of morpholine rings is 1. The lowest BCUT2D eigenvalue weighted by Crippen LogP contribution is -2.47. The summed E-state index contributed by atoms with van der Waals surface area (Å²) in [4.78, 5) is 24.4. The largest absolute Gasteiger partial charge is 0.377 e. The van der Waals surface area contributed by atoms with Gasteiger partial charge in [0.15, 0.2) is 0 Å². The van der Waals surface area contributed by atoms with Crippen LogP contribution in [0.3, 0.4) is 0 Å². The van der Waals surface area contributed by atoms with Crippen LogP contribution in [0.1, 0.15) is 17.3 Å². The molecule has 0 aliphatic carbocycles. The summed E-state index contributed by atoms with van der Waals surface area (Å²) in [5.41, 5.74) is 0.313. The zero-order valence-electron chi connectivity index (χ0n) is 10.3. The number of carbonyl (C=O) groups excluding carboxylic acids is 1. The fraction of sp³-hybridized carbons (Fsp3) is 0.417. The van der Waals surface area contributed by atoms with Crippen LogP contribution in [0.25, 0.3) is 0 Å². The molecule has 2 rings (SSSR count). The van der Waals surface area contributed by atoms with Gasteiger partial charge in [0.05, 0.1) is 29.7 Å². The minimum absolute atomic E-state index is 0.0173. The molecular formula is C12H13IN2O4. The molecule has 1 heterocycles. The molecule has 0 spiro atoms. The molecule has 0 aromatic heterocycles. The number of nitrogens with zero attached hydrogens (tertiary/aromatic N) is 2. The van der Waals surface area contributed by atoms with Crippen LogP contribution in [-0.2, 0) is 4.74 Å². The van der Waals surface area contributed by atoms with Gasteiger partial charge in [-0.15, -0.1) is 0 Å². The number of benzene rings is 1. The molecule has 1 atom stereocenters. The number of nitro groups is 1. The van der Waals surface area contributed by atoms with Gasteiger partial charge in [0.2, 0.25) is 0 Å². The zero-order chi connectivity index (χ0) is 14.0. The van der Waals surface area contributed by atoms with E-state index < -0.39 is 4.92 Å². The van der Waals surface area contributed by atoms with Crippen molar-refractivity contribution >= 4 is 34.2 Å². The van der Waals surface area contributed by atoms with Gasteiger partial charge >= 0.3 is 0 Å². The monoisotopic (exact) mass is 376 g/mol. The maximum atomic E-state index is 12.4. The Labute approximate surface area is 124 Å². The quantitative estimate of drug-likeness (QED) is 0.450. The average molecular weight is 376 g/mol. The van der Waals surface area contributed by atoms with Crippen LogP contribution in [0.2, 0.25) is 0 Å². The predicted octanol–water partition coefficient (Wildman–Crippen LogP) is 2.06. The van der Waals surface area contributed by atoms with E-state index in [0.29, 0.717) is 28.9 Å². The lowest BCUT2D eigenvalue weighted by molar-refractivity contribution is -0.384. The maximum Gasteiger partial charge on any atom is 0.270 e. The molecule has 1 aliphatic heterocycles. The van der Waals surface area contributed by atoms with Gasteiger partial charge in [-0.05, 0) is 35.6 Å². The van der Waals surface area contributed by atoms with Crippen LogP contribution in [0.4, 0.5) is 5.69 Å². The fourth-order valence-corrected chi connectivity index (χ4v) is 2.54. The van der Waals surface area contributed by atoms with Crippen LogP contribution >= 0.6 is 22.6 Å². The topological polar surface area (TPSA) is 72.7 Å². The van der Waals surface area contributed by atoms with E-state index in [1.807, 2.05) is 29.5 Å². The molecule has 7 heteroatoms. The fourth-order valence-electron chi connectivity index (χ4n) is 1.97. The Balaban J connectivity index is 2.32. The van der Waals surface area contributed by atoms with E-state index in [2.05, 4.69) is 0 Å². The summed E-state index contributed by atoms with van der Waals surface area (Å²) >= 11 is 2.02. The van der Waals surface area contributed by atoms with E-state index in [-0.39, 0.29) is 17.6 Å². The van der Waals surface area contributed by atoms with E-state index in [9.17, 15) is 14.9 Å². The van der Waals surface area contributed by atoms with E-state index in [1.54, 1.807) is 11.0 Å². The first-order valence-electron chi connectivity index (χ1n) is 5.83. The minimum atomic E-state index is -0.490. The van der Waals surface area contributed by atoms with Gasteiger partial charge in [-0.1, -0.05) is 0 Å². The van der Waals surface area contributed by atoms with Crippen molar-refractivity contribution in [2.45, 2.75) is 13.0 Å². The van der Waals surface area contributed by atoms with E-state index in [1.165, 1.54) is 12.1 Å². The molecule has 0 unspecified atom stereocenters. The Morgan fingerprint density at radius 1 is 1.58 bits per heavy atom. The van der Waals surface area contributed by atoms with Crippen LogP contribution < -0.4 is 0 Å². The second kappa shape index (κ2) is 5.83. The Morgan fingerprint density at radius 2 is 2.32 bits per heavy atom. The molecule has 19 heavy (non-hydrogen) atoms. The number of carbonyl (C=O) groups is 1. The van der Waals surface area contributed by atoms with Gasteiger partial charge in [-0.2, -0.15) is 0 Å². The highest BCUT2D eigenvalue weighted by Gasteiger charge is 2.27. The van der Waals surface area contributed by atoms with Crippen LogP contribution in [0.15, 0.2) is 18.2 Å². The third kappa shape index (κ3) is 3.03. The predicted molar refractivity (Wildman–Crippen MR) is 77.1 cm³/mol. The summed E-state index contributed by atoms with van der Waals surface area (Å²) in [5.74, 6) is -0.177. The molecule has 0 bridgehead atoms. The Morgan fingerprint density at radius 3 is 2.95 bits per heavy atom. The SMILES string of the molecule is C[C@@H]1COCCN1C(=O)c1cc([N+](=O)[O-])ccc1I. The number of amides is 1. The second-order valence-electron chi connectivity index (χ2n) is 4.34. The molecule has 102 valence electrons. The van der Waals surface area contributed by atoms with E-state index in [4.69, 9.17) is 4.74 Å². The lowest BCUT2D eigenvalue weighted by Gasteiger charge is -2.33. The summed E-state index contributed by atoms with van der Waals surface area (Å²) in [6.07, 6.45) is 0. The van der Waals surface area contributed by atoms with Gasteiger partial charge in [0.1, 0.15) is 0 Å². The second-order valence-corrected chi connectivity index (χ2v) is 5.51. The molecule has 0 saturated carbocycles. The first-order valence-corrected chi connectivity index (χ1v) is 6.91. The van der Waals surface area contributed by atoms with Crippen molar-refractivity contribution in [3.8, 4) is 0 Å². The van der Waals surface area contributed by atoms with Crippen molar-refractivity contribution in [1.82, 2.24) is 4.90 Å². The van der Waals surface area contributed by atoms with Crippen molar-refractivity contribution in [3.05, 3.63) is 37.4 Å². The number of rotatable bonds is 2. The van der Waals surface area contributed by atoms with Gasteiger partial charge in [-0.25, -0.2) is 0 Å². The molecule has 1 saturated heterocycles. The minimum Gasteiger partial charge on any atom is -0.377 e. The molecule has 1 fully saturated rings. The first-order chi connectivity index (χ1) is 9.00. The molecule has 6 nitrogen and oxygen atoms in total. The van der Waals surface area contributed by atoms with E-state index >= 15 is 0 Å². The van der Waals surface area contributed by atoms with Gasteiger partial charge < -0.3 is 9.64 Å². The number of non-ortho nitro benzene ring substituents is 1. The maximum absolute atomic E-state index is 12.4. The molecule has 1 aliphatic rings. The summed E-state index contributed by atoms with van der Waals surface area (Å²) in [6, 6.07) is 4.32. The smallest absolute Gasteiger partial charge is 0.270 e. The highest BCUT2D eigenvalue weighted by molar-refractivity contribution is 14.1. The van der Waals surface area contributed by atoms with Crippen LogP contribution in [0.5, 0.6) is 0 Å². The molecule has 1 aromatic rings. The third-order valence-corrected chi connectivity index (χ3v) is 3.96. The van der Waals surface area contributed by atoms with Crippen molar-refractivity contribution in [2.75, 3.05) is 19.8 Å². The number of halogens is 1. The van der Waals surface area contributed by atoms with Crippen molar-refractivity contribution in [1.29, 1.82) is 0 Å². The number of hydrogen-bond acceptors (Lipinski definition) is 4. The zero-order valence-corrected chi connectivity index (χ0v) is 12.5. The van der Waals surface area contributed by atoms with Gasteiger partial charge in [0.25, 0.3) is 11.6 Å². The Kier molecular flexibility index (Phi) is 4.35. The Bertz CT molecular complexity index is 520. The standard InChI is InChI=1S/C12H13IN2O4/c1-8-7-19-5-4-14(8)12(16)10-6-9(15(17)18)2-3-11(10)13/h2-3,6,8H,4-5,7H2,1H3/t8-/m1/s1. The molecule has 1 amide bonds. The van der Waals surface area contributed by atoms with Crippen molar-refractivity contribution < 1.29 is 14.5 Å². The highest BCUT2D eigenvalue weighted by atomic mass is 127. The lowest BCUT2D eigenvalue weighted by atomic mass is 10.1. The van der Waals surface area contributed by atoms with Gasteiger partial charge in [-0.3, -0.25) is 14.9 Å². The number of ether oxygens (including phenoxy) is 1. The first kappa shape index (κ1) is 14.2.